The van der Waals surface area contributed by atoms with Gasteiger partial charge in [0.05, 0.1) is 5.56 Å². The van der Waals surface area contributed by atoms with Gasteiger partial charge in [0.25, 0.3) is 5.91 Å². The Morgan fingerprint density at radius 3 is 2.57 bits per heavy atom. The minimum absolute atomic E-state index is 0. The fourth-order valence-electron chi connectivity index (χ4n) is 2.68. The van der Waals surface area contributed by atoms with Crippen LogP contribution in [0, 0.1) is 11.7 Å². The second-order valence-electron chi connectivity index (χ2n) is 5.74. The monoisotopic (exact) mass is 354 g/mol. The van der Waals surface area contributed by atoms with Crippen LogP contribution in [0.1, 0.15) is 35.7 Å². The van der Waals surface area contributed by atoms with Crippen LogP contribution in [0.2, 0.25) is 0 Å². The Morgan fingerprint density at radius 1 is 1.35 bits per heavy atom. The van der Waals surface area contributed by atoms with E-state index in [1.165, 1.54) is 4.90 Å². The number of halogens is 5. The van der Waals surface area contributed by atoms with Crippen LogP contribution in [0.5, 0.6) is 0 Å². The number of benzene rings is 1. The number of hydrogen-bond acceptors (Lipinski definition) is 2. The molecule has 2 rings (SSSR count). The smallest absolute Gasteiger partial charge is 0.338 e. The van der Waals surface area contributed by atoms with E-state index in [-0.39, 0.29) is 29.9 Å². The van der Waals surface area contributed by atoms with Gasteiger partial charge in [-0.3, -0.25) is 4.79 Å². The summed E-state index contributed by atoms with van der Waals surface area (Å²) in [7, 11) is 0. The van der Waals surface area contributed by atoms with Gasteiger partial charge in [-0.1, -0.05) is 0 Å². The molecule has 23 heavy (non-hydrogen) atoms. The van der Waals surface area contributed by atoms with E-state index in [1.54, 1.807) is 0 Å². The topological polar surface area (TPSA) is 46.3 Å². The Morgan fingerprint density at radius 2 is 2.00 bits per heavy atom. The second-order valence-corrected chi connectivity index (χ2v) is 5.74. The predicted octanol–water partition coefficient (Wildman–Crippen LogP) is 3.47. The fourth-order valence-corrected chi connectivity index (χ4v) is 2.68. The molecule has 1 aliphatic rings. The van der Waals surface area contributed by atoms with E-state index >= 15 is 0 Å². The average molecular weight is 355 g/mol. The quantitative estimate of drug-likeness (QED) is 0.827. The molecular weight excluding hydrogens is 336 g/mol. The third-order valence-electron chi connectivity index (χ3n) is 3.96. The zero-order chi connectivity index (χ0) is 16.5. The average Bonchev–Trinajstić information content (AvgIpc) is 2.45. The summed E-state index contributed by atoms with van der Waals surface area (Å²) < 4.78 is 51.5. The Labute approximate surface area is 138 Å². The van der Waals surface area contributed by atoms with Crippen molar-refractivity contribution in [1.82, 2.24) is 4.90 Å². The molecule has 0 saturated carbocycles. The molecule has 2 N–H and O–H groups in total. The van der Waals surface area contributed by atoms with E-state index < -0.39 is 23.5 Å². The van der Waals surface area contributed by atoms with Crippen LogP contribution in [0.25, 0.3) is 0 Å². The second kappa shape index (κ2) is 7.49. The number of hydrogen-bond donors (Lipinski definition) is 1. The number of alkyl halides is 3. The van der Waals surface area contributed by atoms with Crippen LogP contribution < -0.4 is 5.73 Å². The molecule has 1 aromatic carbocycles. The highest BCUT2D eigenvalue weighted by Crippen LogP contribution is 2.31. The molecule has 8 heteroatoms. The maximum Gasteiger partial charge on any atom is 0.416 e. The lowest BCUT2D eigenvalue weighted by Crippen LogP contribution is -2.45. The van der Waals surface area contributed by atoms with Gasteiger partial charge in [0.1, 0.15) is 5.82 Å². The fraction of sp³-hybridized carbons (Fsp3) is 0.533. The molecule has 130 valence electrons. The molecule has 2 unspecified atom stereocenters. The van der Waals surface area contributed by atoms with E-state index in [9.17, 15) is 22.4 Å². The van der Waals surface area contributed by atoms with Crippen molar-refractivity contribution in [2.24, 2.45) is 11.7 Å². The van der Waals surface area contributed by atoms with Crippen molar-refractivity contribution in [2.75, 3.05) is 13.1 Å². The number of likely N-dealkylation sites (tertiary alicyclic amines) is 1. The van der Waals surface area contributed by atoms with Crippen molar-refractivity contribution in [3.63, 3.8) is 0 Å². The minimum Gasteiger partial charge on any atom is -0.338 e. The summed E-state index contributed by atoms with van der Waals surface area (Å²) in [6.45, 7) is 2.66. The normalized spacial score (nSPS) is 19.9. The van der Waals surface area contributed by atoms with Crippen molar-refractivity contribution in [1.29, 1.82) is 0 Å². The number of rotatable bonds is 2. The molecule has 0 radical (unpaired) electrons. The molecule has 1 saturated heterocycles. The van der Waals surface area contributed by atoms with Crippen molar-refractivity contribution in [3.05, 3.63) is 35.1 Å². The first-order valence-corrected chi connectivity index (χ1v) is 7.11. The zero-order valence-corrected chi connectivity index (χ0v) is 13.4. The highest BCUT2D eigenvalue weighted by molar-refractivity contribution is 5.94. The summed E-state index contributed by atoms with van der Waals surface area (Å²) in [6.07, 6.45) is -3.08. The lowest BCUT2D eigenvalue weighted by atomic mass is 9.92. The summed E-state index contributed by atoms with van der Waals surface area (Å²) in [5.74, 6) is -1.55. The molecule has 1 aliphatic heterocycles. The first kappa shape index (κ1) is 19.7. The van der Waals surface area contributed by atoms with Crippen LogP contribution >= 0.6 is 12.4 Å². The van der Waals surface area contributed by atoms with Crippen molar-refractivity contribution in [2.45, 2.75) is 32.0 Å². The van der Waals surface area contributed by atoms with Gasteiger partial charge in [0.15, 0.2) is 0 Å². The number of amides is 1. The van der Waals surface area contributed by atoms with E-state index in [2.05, 4.69) is 0 Å². The third-order valence-corrected chi connectivity index (χ3v) is 3.96. The maximum atomic E-state index is 13.4. The number of piperidine rings is 1. The highest BCUT2D eigenvalue weighted by atomic mass is 35.5. The molecule has 3 nitrogen and oxygen atoms in total. The summed E-state index contributed by atoms with van der Waals surface area (Å²) in [5, 5.41) is 0. The van der Waals surface area contributed by atoms with Gasteiger partial charge in [0, 0.05) is 24.7 Å². The number of nitrogens with zero attached hydrogens (tertiary/aromatic N) is 1. The first-order chi connectivity index (χ1) is 10.2. The van der Waals surface area contributed by atoms with E-state index in [0.29, 0.717) is 25.2 Å². The highest BCUT2D eigenvalue weighted by Gasteiger charge is 2.33. The van der Waals surface area contributed by atoms with Crippen molar-refractivity contribution in [3.8, 4) is 0 Å². The number of nitrogens with two attached hydrogens (primary N) is 1. The Bertz CT molecular complexity index is 563. The molecular formula is C15H19ClF4N2O. The Balaban J connectivity index is 0.00000264. The summed E-state index contributed by atoms with van der Waals surface area (Å²) in [6, 6.07) is 1.82. The van der Waals surface area contributed by atoms with Gasteiger partial charge in [0.2, 0.25) is 0 Å². The molecule has 1 aromatic rings. The molecule has 0 aliphatic carbocycles. The molecule has 2 atom stereocenters. The zero-order valence-electron chi connectivity index (χ0n) is 12.6. The molecule has 0 aromatic heterocycles. The SMILES string of the molecule is CC(N)C1CCCN(C(=O)c2cc(F)cc(C(F)(F)F)c2)C1.Cl. The van der Waals surface area contributed by atoms with Crippen LogP contribution in [0.15, 0.2) is 18.2 Å². The van der Waals surface area contributed by atoms with Gasteiger partial charge >= 0.3 is 6.18 Å². The van der Waals surface area contributed by atoms with Gasteiger partial charge in [-0.25, -0.2) is 4.39 Å². The van der Waals surface area contributed by atoms with E-state index in [0.717, 1.165) is 18.9 Å². The number of carbonyl (C=O) groups is 1. The largest absolute Gasteiger partial charge is 0.416 e. The predicted molar refractivity (Wildman–Crippen MR) is 80.9 cm³/mol. The van der Waals surface area contributed by atoms with Gasteiger partial charge in [-0.05, 0) is 43.9 Å². The lowest BCUT2D eigenvalue weighted by Gasteiger charge is -2.34. The third kappa shape index (κ3) is 4.81. The first-order valence-electron chi connectivity index (χ1n) is 7.11. The van der Waals surface area contributed by atoms with Crippen LogP contribution in [0.4, 0.5) is 17.6 Å². The lowest BCUT2D eigenvalue weighted by molar-refractivity contribution is -0.137. The van der Waals surface area contributed by atoms with Crippen LogP contribution in [-0.4, -0.2) is 29.9 Å². The Kier molecular flexibility index (Phi) is 6.41. The minimum atomic E-state index is -4.69. The van der Waals surface area contributed by atoms with Gasteiger partial charge in [-0.15, -0.1) is 12.4 Å². The van der Waals surface area contributed by atoms with Gasteiger partial charge in [-0.2, -0.15) is 13.2 Å². The van der Waals surface area contributed by atoms with Crippen molar-refractivity contribution < 1.29 is 22.4 Å². The summed E-state index contributed by atoms with van der Waals surface area (Å²) in [4.78, 5) is 13.8. The standard InChI is InChI=1S/C15H18F4N2O.ClH/c1-9(20)10-3-2-4-21(8-10)14(22)11-5-12(15(17,18)19)7-13(16)6-11;/h5-7,9-10H,2-4,8,20H2,1H3;1H. The summed E-state index contributed by atoms with van der Waals surface area (Å²) >= 11 is 0. The van der Waals surface area contributed by atoms with E-state index in [4.69, 9.17) is 5.73 Å². The molecule has 0 spiro atoms. The Hall–Kier alpha value is -1.34. The molecule has 1 heterocycles. The molecule has 1 fully saturated rings. The van der Waals surface area contributed by atoms with Crippen molar-refractivity contribution >= 4 is 18.3 Å². The number of carbonyl (C=O) groups excluding carboxylic acids is 1. The van der Waals surface area contributed by atoms with Crippen LogP contribution in [-0.2, 0) is 6.18 Å². The van der Waals surface area contributed by atoms with E-state index in [1.807, 2.05) is 6.92 Å². The summed E-state index contributed by atoms with van der Waals surface area (Å²) in [5.41, 5.74) is 4.39. The molecule has 0 bridgehead atoms. The maximum absolute atomic E-state index is 13.4. The van der Waals surface area contributed by atoms with Crippen LogP contribution in [0.3, 0.4) is 0 Å². The van der Waals surface area contributed by atoms with Gasteiger partial charge < -0.3 is 10.6 Å². The molecule has 1 amide bonds.